The molecule has 6 nitrogen and oxygen atoms in total. The van der Waals surface area contributed by atoms with Crippen molar-refractivity contribution in [2.24, 2.45) is 0 Å². The molecule has 2 aromatic carbocycles. The highest BCUT2D eigenvalue weighted by Crippen LogP contribution is 2.27. The zero-order chi connectivity index (χ0) is 24.0. The number of hydrogen-bond donors (Lipinski definition) is 1. The van der Waals surface area contributed by atoms with Gasteiger partial charge in [0.15, 0.2) is 5.16 Å². The molecule has 0 saturated heterocycles. The second-order valence-electron chi connectivity index (χ2n) is 8.00. The van der Waals surface area contributed by atoms with Crippen molar-refractivity contribution in [2.45, 2.75) is 24.0 Å². The number of carbonyl (C=O) groups is 1. The number of nitrogens with zero attached hydrogens (tertiary/aromatic N) is 4. The van der Waals surface area contributed by atoms with Crippen LogP contribution in [0.5, 0.6) is 0 Å². The Balaban J connectivity index is 1.27. The molecular formula is C27H22FN5OS. The SMILES string of the molecule is O=C(NCc1cccnc1)c1ccc(CSc2nc3ccncc3n2Cc2ccc(F)cc2)cc1. The molecule has 5 rings (SSSR count). The lowest BCUT2D eigenvalue weighted by Gasteiger charge is -2.10. The molecule has 0 radical (unpaired) electrons. The number of carbonyl (C=O) groups excluding carboxylic acids is 1. The summed E-state index contributed by atoms with van der Waals surface area (Å²) >= 11 is 1.61. The zero-order valence-electron chi connectivity index (χ0n) is 18.8. The molecule has 5 aromatic rings. The second-order valence-corrected chi connectivity index (χ2v) is 8.94. The molecule has 0 spiro atoms. The van der Waals surface area contributed by atoms with Gasteiger partial charge in [-0.25, -0.2) is 9.37 Å². The fourth-order valence-corrected chi connectivity index (χ4v) is 4.64. The molecule has 0 saturated carbocycles. The van der Waals surface area contributed by atoms with Crippen LogP contribution in [-0.2, 0) is 18.8 Å². The third-order valence-electron chi connectivity index (χ3n) is 5.53. The highest BCUT2D eigenvalue weighted by atomic mass is 32.2. The first-order valence-electron chi connectivity index (χ1n) is 11.1. The van der Waals surface area contributed by atoms with Gasteiger partial charge in [-0.05, 0) is 53.1 Å². The number of aromatic nitrogens is 4. The molecule has 35 heavy (non-hydrogen) atoms. The van der Waals surface area contributed by atoms with Crippen molar-refractivity contribution >= 4 is 28.7 Å². The first-order valence-corrected chi connectivity index (χ1v) is 12.1. The number of imidazole rings is 1. The lowest BCUT2D eigenvalue weighted by molar-refractivity contribution is 0.0951. The van der Waals surface area contributed by atoms with Crippen molar-refractivity contribution in [1.82, 2.24) is 24.8 Å². The van der Waals surface area contributed by atoms with Crippen molar-refractivity contribution in [2.75, 3.05) is 0 Å². The Morgan fingerprint density at radius 1 is 0.886 bits per heavy atom. The van der Waals surface area contributed by atoms with E-state index in [2.05, 4.69) is 19.9 Å². The van der Waals surface area contributed by atoms with E-state index >= 15 is 0 Å². The topological polar surface area (TPSA) is 72.7 Å². The van der Waals surface area contributed by atoms with Crippen LogP contribution in [0.2, 0.25) is 0 Å². The normalized spacial score (nSPS) is 11.0. The van der Waals surface area contributed by atoms with E-state index in [0.717, 1.165) is 32.9 Å². The van der Waals surface area contributed by atoms with E-state index in [0.29, 0.717) is 24.4 Å². The van der Waals surface area contributed by atoms with E-state index in [9.17, 15) is 9.18 Å². The molecular weight excluding hydrogens is 461 g/mol. The zero-order valence-corrected chi connectivity index (χ0v) is 19.6. The van der Waals surface area contributed by atoms with Crippen LogP contribution in [0, 0.1) is 5.82 Å². The van der Waals surface area contributed by atoms with Crippen LogP contribution >= 0.6 is 11.8 Å². The van der Waals surface area contributed by atoms with E-state index in [1.54, 1.807) is 48.7 Å². The maximum Gasteiger partial charge on any atom is 0.251 e. The summed E-state index contributed by atoms with van der Waals surface area (Å²) < 4.78 is 15.4. The second kappa shape index (κ2) is 10.5. The van der Waals surface area contributed by atoms with Gasteiger partial charge in [-0.1, -0.05) is 42.1 Å². The van der Waals surface area contributed by atoms with Crippen LogP contribution in [0.1, 0.15) is 27.0 Å². The summed E-state index contributed by atoms with van der Waals surface area (Å²) in [5, 5.41) is 3.77. The maximum atomic E-state index is 13.3. The average Bonchev–Trinajstić information content (AvgIpc) is 3.25. The number of thioether (sulfide) groups is 1. The summed E-state index contributed by atoms with van der Waals surface area (Å²) in [5.74, 6) is 0.314. The van der Waals surface area contributed by atoms with Gasteiger partial charge in [0.25, 0.3) is 5.91 Å². The number of rotatable bonds is 8. The summed E-state index contributed by atoms with van der Waals surface area (Å²) in [4.78, 5) is 25.6. The van der Waals surface area contributed by atoms with Crippen molar-refractivity contribution in [1.29, 1.82) is 0 Å². The van der Waals surface area contributed by atoms with Crippen LogP contribution in [0.3, 0.4) is 0 Å². The number of fused-ring (bicyclic) bond motifs is 1. The van der Waals surface area contributed by atoms with E-state index in [1.807, 2.05) is 42.5 Å². The molecule has 0 aliphatic heterocycles. The molecule has 0 aliphatic rings. The Morgan fingerprint density at radius 3 is 2.43 bits per heavy atom. The van der Waals surface area contributed by atoms with Crippen LogP contribution in [0.15, 0.2) is 96.7 Å². The van der Waals surface area contributed by atoms with E-state index in [1.165, 1.54) is 12.1 Å². The molecule has 8 heteroatoms. The van der Waals surface area contributed by atoms with Gasteiger partial charge in [0.05, 0.1) is 23.8 Å². The summed E-state index contributed by atoms with van der Waals surface area (Å²) in [7, 11) is 0. The third kappa shape index (κ3) is 5.55. The number of pyridine rings is 2. The number of halogens is 1. The summed E-state index contributed by atoms with van der Waals surface area (Å²) in [5.41, 5.74) is 5.42. The third-order valence-corrected chi connectivity index (χ3v) is 6.58. The van der Waals surface area contributed by atoms with Gasteiger partial charge in [0.1, 0.15) is 5.82 Å². The fourth-order valence-electron chi connectivity index (χ4n) is 3.67. The number of benzene rings is 2. The van der Waals surface area contributed by atoms with Gasteiger partial charge in [0.2, 0.25) is 0 Å². The number of hydrogen-bond acceptors (Lipinski definition) is 5. The number of amides is 1. The van der Waals surface area contributed by atoms with Gasteiger partial charge in [-0.2, -0.15) is 0 Å². The Labute approximate surface area is 206 Å². The van der Waals surface area contributed by atoms with E-state index in [4.69, 9.17) is 4.98 Å². The molecule has 1 N–H and O–H groups in total. The minimum absolute atomic E-state index is 0.123. The molecule has 3 heterocycles. The quantitative estimate of drug-likeness (QED) is 0.306. The van der Waals surface area contributed by atoms with Gasteiger partial charge in [0, 0.05) is 36.5 Å². The molecule has 3 aromatic heterocycles. The van der Waals surface area contributed by atoms with Gasteiger partial charge in [-0.3, -0.25) is 14.8 Å². The predicted octanol–water partition coefficient (Wildman–Crippen LogP) is 5.24. The van der Waals surface area contributed by atoms with E-state index in [-0.39, 0.29) is 11.7 Å². The molecule has 0 fully saturated rings. The molecule has 0 bridgehead atoms. The maximum absolute atomic E-state index is 13.3. The summed E-state index contributed by atoms with van der Waals surface area (Å²) in [6.45, 7) is 1.00. The van der Waals surface area contributed by atoms with Crippen LogP contribution < -0.4 is 5.32 Å². The summed E-state index contributed by atoms with van der Waals surface area (Å²) in [6.07, 6.45) is 6.97. The number of nitrogens with one attached hydrogen (secondary N) is 1. The van der Waals surface area contributed by atoms with Crippen molar-refractivity contribution < 1.29 is 9.18 Å². The van der Waals surface area contributed by atoms with Crippen molar-refractivity contribution in [3.8, 4) is 0 Å². The lowest BCUT2D eigenvalue weighted by Crippen LogP contribution is -2.22. The minimum Gasteiger partial charge on any atom is -0.348 e. The van der Waals surface area contributed by atoms with Gasteiger partial charge >= 0.3 is 0 Å². The standard InChI is InChI=1S/C27H22FN5OS/c28-23-9-5-19(6-10-23)17-33-25-16-30-13-11-24(25)32-27(33)35-18-20-3-7-22(8-4-20)26(34)31-15-21-2-1-12-29-14-21/h1-14,16H,15,17-18H2,(H,31,34). The smallest absolute Gasteiger partial charge is 0.251 e. The average molecular weight is 484 g/mol. The monoisotopic (exact) mass is 483 g/mol. The van der Waals surface area contributed by atoms with Gasteiger partial charge < -0.3 is 9.88 Å². The molecule has 1 amide bonds. The largest absolute Gasteiger partial charge is 0.348 e. The summed E-state index contributed by atoms with van der Waals surface area (Å²) in [6, 6.07) is 19.7. The molecule has 0 aliphatic carbocycles. The Morgan fingerprint density at radius 2 is 1.66 bits per heavy atom. The highest BCUT2D eigenvalue weighted by molar-refractivity contribution is 7.98. The Bertz CT molecular complexity index is 1440. The van der Waals surface area contributed by atoms with Crippen LogP contribution in [0.4, 0.5) is 4.39 Å². The first kappa shape index (κ1) is 22.7. The predicted molar refractivity (Wildman–Crippen MR) is 134 cm³/mol. The van der Waals surface area contributed by atoms with Crippen molar-refractivity contribution in [3.63, 3.8) is 0 Å². The minimum atomic E-state index is -0.255. The Kier molecular flexibility index (Phi) is 6.81. The Hall–Kier alpha value is -4.04. The van der Waals surface area contributed by atoms with Crippen molar-refractivity contribution in [3.05, 3.63) is 120 Å². The highest BCUT2D eigenvalue weighted by Gasteiger charge is 2.13. The van der Waals surface area contributed by atoms with Crippen LogP contribution in [0.25, 0.3) is 11.0 Å². The molecule has 174 valence electrons. The fraction of sp³-hybridized carbons (Fsp3) is 0.111. The molecule has 0 atom stereocenters. The van der Waals surface area contributed by atoms with Crippen LogP contribution in [-0.4, -0.2) is 25.4 Å². The van der Waals surface area contributed by atoms with Gasteiger partial charge in [-0.15, -0.1) is 0 Å². The lowest BCUT2D eigenvalue weighted by atomic mass is 10.1. The van der Waals surface area contributed by atoms with E-state index < -0.39 is 0 Å². The first-order chi connectivity index (χ1) is 17.2. The molecule has 0 unspecified atom stereocenters.